The fourth-order valence-corrected chi connectivity index (χ4v) is 4.66. The summed E-state index contributed by atoms with van der Waals surface area (Å²) in [4.78, 5) is 32.3. The lowest BCUT2D eigenvalue weighted by atomic mass is 10.2. The van der Waals surface area contributed by atoms with Gasteiger partial charge in [0, 0.05) is 41.2 Å². The fraction of sp³-hybridized carbons (Fsp3) is 0.421. The second-order valence-corrected chi connectivity index (χ2v) is 8.89. The Labute approximate surface area is 175 Å². The standard InChI is InChI=1S/C19H21BrN4O3S/c20-12-3-5-13(6-4-12)21-17(25)11-24-8-7-14-16(10-24)28-19(22-14)23-18(26)15-2-1-9-27-15/h3-6,15H,1-2,7-11H2,(H,21,25)(H,22,23,26). The van der Waals surface area contributed by atoms with E-state index in [0.717, 1.165) is 46.5 Å². The summed E-state index contributed by atoms with van der Waals surface area (Å²) in [6, 6.07) is 7.52. The number of benzene rings is 1. The minimum Gasteiger partial charge on any atom is -0.368 e. The van der Waals surface area contributed by atoms with E-state index >= 15 is 0 Å². The van der Waals surface area contributed by atoms with Gasteiger partial charge in [-0.15, -0.1) is 11.3 Å². The number of nitrogens with zero attached hydrogens (tertiary/aromatic N) is 2. The molecule has 0 saturated carbocycles. The van der Waals surface area contributed by atoms with Gasteiger partial charge in [-0.1, -0.05) is 15.9 Å². The summed E-state index contributed by atoms with van der Waals surface area (Å²) in [5.74, 6) is -0.156. The number of carbonyl (C=O) groups excluding carboxylic acids is 2. The van der Waals surface area contributed by atoms with E-state index in [4.69, 9.17) is 4.74 Å². The summed E-state index contributed by atoms with van der Waals surface area (Å²) in [6.07, 6.45) is 2.09. The van der Waals surface area contributed by atoms with Crippen molar-refractivity contribution in [2.45, 2.75) is 31.9 Å². The van der Waals surface area contributed by atoms with E-state index in [1.165, 1.54) is 11.3 Å². The van der Waals surface area contributed by atoms with Crippen LogP contribution in [0.2, 0.25) is 0 Å². The van der Waals surface area contributed by atoms with Crippen molar-refractivity contribution in [3.8, 4) is 0 Å². The third kappa shape index (κ3) is 4.78. The Morgan fingerprint density at radius 2 is 2.11 bits per heavy atom. The second kappa shape index (κ2) is 8.69. The molecule has 9 heteroatoms. The average Bonchev–Trinajstić information content (AvgIpc) is 3.32. The Hall–Kier alpha value is -1.81. The summed E-state index contributed by atoms with van der Waals surface area (Å²) >= 11 is 4.87. The first kappa shape index (κ1) is 19.5. The number of fused-ring (bicyclic) bond motifs is 1. The van der Waals surface area contributed by atoms with Gasteiger partial charge >= 0.3 is 0 Å². The molecular weight excluding hydrogens is 444 g/mol. The van der Waals surface area contributed by atoms with Gasteiger partial charge in [-0.3, -0.25) is 19.8 Å². The van der Waals surface area contributed by atoms with Gasteiger partial charge in [-0.2, -0.15) is 0 Å². The number of carbonyl (C=O) groups is 2. The summed E-state index contributed by atoms with van der Waals surface area (Å²) in [5, 5.41) is 6.41. The van der Waals surface area contributed by atoms with Gasteiger partial charge in [0.05, 0.1) is 12.2 Å². The summed E-state index contributed by atoms with van der Waals surface area (Å²) in [6.45, 7) is 2.40. The first-order valence-corrected chi connectivity index (χ1v) is 10.9. The van der Waals surface area contributed by atoms with Crippen molar-refractivity contribution in [1.82, 2.24) is 9.88 Å². The average molecular weight is 465 g/mol. The van der Waals surface area contributed by atoms with Gasteiger partial charge in [0.15, 0.2) is 5.13 Å². The van der Waals surface area contributed by atoms with Crippen molar-refractivity contribution in [2.75, 3.05) is 30.3 Å². The second-order valence-electron chi connectivity index (χ2n) is 6.90. The number of rotatable bonds is 5. The van der Waals surface area contributed by atoms with Crippen molar-refractivity contribution in [3.05, 3.63) is 39.3 Å². The lowest BCUT2D eigenvalue weighted by Gasteiger charge is -2.25. The van der Waals surface area contributed by atoms with E-state index in [-0.39, 0.29) is 17.9 Å². The third-order valence-corrected chi connectivity index (χ3v) is 6.28. The van der Waals surface area contributed by atoms with Crippen LogP contribution in [0.4, 0.5) is 10.8 Å². The molecule has 1 fully saturated rings. The predicted octanol–water partition coefficient (Wildman–Crippen LogP) is 3.02. The van der Waals surface area contributed by atoms with Gasteiger partial charge < -0.3 is 10.1 Å². The summed E-state index contributed by atoms with van der Waals surface area (Å²) in [5.41, 5.74) is 1.79. The fourth-order valence-electron chi connectivity index (χ4n) is 3.34. The van der Waals surface area contributed by atoms with Crippen LogP contribution in [-0.2, 0) is 27.3 Å². The molecule has 0 bridgehead atoms. The number of hydrogen-bond donors (Lipinski definition) is 2. The lowest BCUT2D eigenvalue weighted by molar-refractivity contribution is -0.124. The molecule has 7 nitrogen and oxygen atoms in total. The Bertz CT molecular complexity index is 865. The molecule has 1 aromatic heterocycles. The number of amides is 2. The van der Waals surface area contributed by atoms with Crippen molar-refractivity contribution in [3.63, 3.8) is 0 Å². The van der Waals surface area contributed by atoms with Gasteiger partial charge in [-0.25, -0.2) is 4.98 Å². The molecule has 0 spiro atoms. The molecule has 1 aromatic carbocycles. The van der Waals surface area contributed by atoms with Crippen molar-refractivity contribution in [1.29, 1.82) is 0 Å². The predicted molar refractivity (Wildman–Crippen MR) is 111 cm³/mol. The first-order chi connectivity index (χ1) is 13.6. The minimum atomic E-state index is -0.361. The van der Waals surface area contributed by atoms with Crippen LogP contribution in [0.15, 0.2) is 28.7 Å². The zero-order valence-corrected chi connectivity index (χ0v) is 17.6. The zero-order chi connectivity index (χ0) is 19.5. The monoisotopic (exact) mass is 464 g/mol. The third-order valence-electron chi connectivity index (χ3n) is 4.76. The van der Waals surface area contributed by atoms with E-state index in [1.807, 2.05) is 24.3 Å². The topological polar surface area (TPSA) is 83.6 Å². The molecule has 2 amide bonds. The maximum absolute atomic E-state index is 12.3. The largest absolute Gasteiger partial charge is 0.368 e. The maximum Gasteiger partial charge on any atom is 0.255 e. The van der Waals surface area contributed by atoms with Crippen LogP contribution in [0.3, 0.4) is 0 Å². The molecule has 1 saturated heterocycles. The Morgan fingerprint density at radius 3 is 2.86 bits per heavy atom. The number of thiazole rings is 1. The van der Waals surface area contributed by atoms with Crippen molar-refractivity contribution < 1.29 is 14.3 Å². The van der Waals surface area contributed by atoms with E-state index in [9.17, 15) is 9.59 Å². The SMILES string of the molecule is O=C(CN1CCc2nc(NC(=O)C3CCCO3)sc2C1)Nc1ccc(Br)cc1. The Morgan fingerprint density at radius 1 is 1.29 bits per heavy atom. The minimum absolute atomic E-state index is 0.0396. The van der Waals surface area contributed by atoms with Gasteiger partial charge in [0.2, 0.25) is 5.91 Å². The highest BCUT2D eigenvalue weighted by molar-refractivity contribution is 9.10. The van der Waals surface area contributed by atoms with Gasteiger partial charge in [-0.05, 0) is 37.1 Å². The summed E-state index contributed by atoms with van der Waals surface area (Å²) < 4.78 is 6.39. The van der Waals surface area contributed by atoms with Crippen LogP contribution in [0, 0.1) is 0 Å². The maximum atomic E-state index is 12.3. The molecule has 0 radical (unpaired) electrons. The van der Waals surface area contributed by atoms with E-state index in [2.05, 4.69) is 36.4 Å². The quantitative estimate of drug-likeness (QED) is 0.710. The lowest BCUT2D eigenvalue weighted by Crippen LogP contribution is -2.36. The van der Waals surface area contributed by atoms with Crippen LogP contribution >= 0.6 is 27.3 Å². The van der Waals surface area contributed by atoms with E-state index in [1.54, 1.807) is 0 Å². The Balaban J connectivity index is 1.31. The van der Waals surface area contributed by atoms with Crippen LogP contribution in [-0.4, -0.2) is 47.5 Å². The molecule has 3 heterocycles. The highest BCUT2D eigenvalue weighted by Crippen LogP contribution is 2.29. The molecule has 2 aliphatic heterocycles. The Kier molecular flexibility index (Phi) is 6.05. The normalized spacial score (nSPS) is 19.2. The number of aromatic nitrogens is 1. The van der Waals surface area contributed by atoms with Crippen LogP contribution in [0.1, 0.15) is 23.4 Å². The van der Waals surface area contributed by atoms with Crippen molar-refractivity contribution in [2.24, 2.45) is 0 Å². The molecule has 1 unspecified atom stereocenters. The van der Waals surface area contributed by atoms with E-state index < -0.39 is 0 Å². The smallest absolute Gasteiger partial charge is 0.255 e. The number of halogens is 1. The highest BCUT2D eigenvalue weighted by atomic mass is 79.9. The van der Waals surface area contributed by atoms with E-state index in [0.29, 0.717) is 24.8 Å². The molecule has 0 aliphatic carbocycles. The number of hydrogen-bond acceptors (Lipinski definition) is 6. The number of anilines is 2. The summed E-state index contributed by atoms with van der Waals surface area (Å²) in [7, 11) is 0. The highest BCUT2D eigenvalue weighted by Gasteiger charge is 2.26. The molecule has 148 valence electrons. The van der Waals surface area contributed by atoms with Gasteiger partial charge in [0.25, 0.3) is 5.91 Å². The number of ether oxygens (including phenoxy) is 1. The first-order valence-electron chi connectivity index (χ1n) is 9.25. The molecule has 28 heavy (non-hydrogen) atoms. The van der Waals surface area contributed by atoms with Crippen molar-refractivity contribution >= 4 is 49.9 Å². The molecule has 2 aliphatic rings. The number of nitrogens with one attached hydrogen (secondary N) is 2. The molecule has 1 atom stereocenters. The van der Waals surface area contributed by atoms with Crippen LogP contribution < -0.4 is 10.6 Å². The molecular formula is C19H21BrN4O3S. The van der Waals surface area contributed by atoms with Crippen LogP contribution in [0.25, 0.3) is 0 Å². The molecule has 2 N–H and O–H groups in total. The van der Waals surface area contributed by atoms with Crippen LogP contribution in [0.5, 0.6) is 0 Å². The van der Waals surface area contributed by atoms with Gasteiger partial charge in [0.1, 0.15) is 6.10 Å². The molecule has 4 rings (SSSR count). The molecule has 2 aromatic rings. The zero-order valence-electron chi connectivity index (χ0n) is 15.2.